The Morgan fingerprint density at radius 1 is 1.41 bits per heavy atom. The van der Waals surface area contributed by atoms with Crippen LogP contribution in [0.3, 0.4) is 0 Å². The van der Waals surface area contributed by atoms with Gasteiger partial charge >= 0.3 is 0 Å². The molecule has 0 radical (unpaired) electrons. The monoisotopic (exact) mass is 260 g/mol. The van der Waals surface area contributed by atoms with Crippen molar-refractivity contribution in [2.75, 3.05) is 12.0 Å². The first-order chi connectivity index (χ1) is 7.88. The Bertz CT molecular complexity index is 307. The molecular formula is C12H24N2O2S. The van der Waals surface area contributed by atoms with Gasteiger partial charge in [0.15, 0.2) is 0 Å². The minimum Gasteiger partial charge on any atom is -0.322 e. The van der Waals surface area contributed by atoms with Crippen molar-refractivity contribution < 1.29 is 9.00 Å². The Morgan fingerprint density at radius 3 is 2.41 bits per heavy atom. The molecule has 4 unspecified atom stereocenters. The molecule has 0 aromatic carbocycles. The lowest BCUT2D eigenvalue weighted by Gasteiger charge is -2.29. The van der Waals surface area contributed by atoms with E-state index in [1.54, 1.807) is 6.26 Å². The number of rotatable bonds is 5. The molecule has 100 valence electrons. The standard InChI is InChI=1S/C12H24N2O2S/c1-6-10-13-11(8(2)3)12(15)14(10)9(4)7-17(5)16/h8-11,13H,6-7H2,1-5H3. The van der Waals surface area contributed by atoms with Gasteiger partial charge in [-0.15, -0.1) is 0 Å². The highest BCUT2D eigenvalue weighted by Gasteiger charge is 2.41. The fourth-order valence-electron chi connectivity index (χ4n) is 2.41. The summed E-state index contributed by atoms with van der Waals surface area (Å²) in [5.74, 6) is 1.00. The second-order valence-corrected chi connectivity index (χ2v) is 6.63. The van der Waals surface area contributed by atoms with Crippen LogP contribution in [0.5, 0.6) is 0 Å². The Kier molecular flexibility index (Phi) is 5.13. The summed E-state index contributed by atoms with van der Waals surface area (Å²) in [5, 5.41) is 3.37. The molecule has 1 N–H and O–H groups in total. The Labute approximate surface area is 107 Å². The van der Waals surface area contributed by atoms with Gasteiger partial charge in [-0.3, -0.25) is 14.3 Å². The van der Waals surface area contributed by atoms with Crippen molar-refractivity contribution in [1.82, 2.24) is 10.2 Å². The zero-order chi connectivity index (χ0) is 13.2. The predicted molar refractivity (Wildman–Crippen MR) is 71.1 cm³/mol. The van der Waals surface area contributed by atoms with Crippen LogP contribution in [0.1, 0.15) is 34.1 Å². The van der Waals surface area contributed by atoms with Gasteiger partial charge in [0.2, 0.25) is 5.91 Å². The average molecular weight is 260 g/mol. The molecule has 0 aliphatic carbocycles. The van der Waals surface area contributed by atoms with E-state index >= 15 is 0 Å². The van der Waals surface area contributed by atoms with Crippen LogP contribution in [0, 0.1) is 5.92 Å². The van der Waals surface area contributed by atoms with E-state index in [1.165, 1.54) is 0 Å². The Hall–Kier alpha value is -0.420. The third kappa shape index (κ3) is 3.28. The molecule has 17 heavy (non-hydrogen) atoms. The van der Waals surface area contributed by atoms with Gasteiger partial charge in [-0.05, 0) is 19.3 Å². The molecule has 4 nitrogen and oxygen atoms in total. The third-order valence-electron chi connectivity index (χ3n) is 3.23. The summed E-state index contributed by atoms with van der Waals surface area (Å²) >= 11 is 0. The van der Waals surface area contributed by atoms with Gasteiger partial charge < -0.3 is 4.90 Å². The largest absolute Gasteiger partial charge is 0.322 e. The summed E-state index contributed by atoms with van der Waals surface area (Å²) < 4.78 is 11.3. The highest BCUT2D eigenvalue weighted by Crippen LogP contribution is 2.21. The van der Waals surface area contributed by atoms with Crippen LogP contribution in [-0.2, 0) is 15.6 Å². The third-order valence-corrected chi connectivity index (χ3v) is 4.18. The number of carbonyl (C=O) groups excluding carboxylic acids is 1. The van der Waals surface area contributed by atoms with Gasteiger partial charge in [-0.2, -0.15) is 0 Å². The maximum atomic E-state index is 12.3. The first-order valence-electron chi connectivity index (χ1n) is 6.26. The topological polar surface area (TPSA) is 49.4 Å². The van der Waals surface area contributed by atoms with Crippen molar-refractivity contribution in [1.29, 1.82) is 0 Å². The molecule has 5 heteroatoms. The quantitative estimate of drug-likeness (QED) is 0.800. The minimum atomic E-state index is -0.867. The number of hydrogen-bond acceptors (Lipinski definition) is 3. The van der Waals surface area contributed by atoms with Crippen LogP contribution in [0.2, 0.25) is 0 Å². The zero-order valence-electron chi connectivity index (χ0n) is 11.4. The molecule has 0 saturated carbocycles. The van der Waals surface area contributed by atoms with E-state index in [0.717, 1.165) is 6.42 Å². The van der Waals surface area contributed by atoms with Gasteiger partial charge in [-0.1, -0.05) is 20.8 Å². The molecule has 0 bridgehead atoms. The molecule has 0 aromatic heterocycles. The van der Waals surface area contributed by atoms with Crippen molar-refractivity contribution in [3.63, 3.8) is 0 Å². The lowest BCUT2D eigenvalue weighted by atomic mass is 10.0. The lowest BCUT2D eigenvalue weighted by Crippen LogP contribution is -2.45. The summed E-state index contributed by atoms with van der Waals surface area (Å²) in [6.07, 6.45) is 2.66. The fraction of sp³-hybridized carbons (Fsp3) is 0.917. The molecular weight excluding hydrogens is 236 g/mol. The molecule has 1 amide bonds. The number of nitrogens with one attached hydrogen (secondary N) is 1. The van der Waals surface area contributed by atoms with Crippen LogP contribution in [0.15, 0.2) is 0 Å². The number of hydrogen-bond donors (Lipinski definition) is 1. The van der Waals surface area contributed by atoms with E-state index in [0.29, 0.717) is 11.7 Å². The summed E-state index contributed by atoms with van der Waals surface area (Å²) in [5.41, 5.74) is 0. The van der Waals surface area contributed by atoms with E-state index in [1.807, 2.05) is 11.8 Å². The molecule has 1 saturated heterocycles. The SMILES string of the molecule is CCC1NC(C(C)C)C(=O)N1C(C)CS(C)=O. The summed E-state index contributed by atoms with van der Waals surface area (Å²) in [4.78, 5) is 14.2. The van der Waals surface area contributed by atoms with Crippen molar-refractivity contribution in [2.45, 2.75) is 52.4 Å². The fourth-order valence-corrected chi connectivity index (χ4v) is 3.25. The molecule has 1 rings (SSSR count). The molecule has 1 heterocycles. The second kappa shape index (κ2) is 5.96. The van der Waals surface area contributed by atoms with Gasteiger partial charge in [0.1, 0.15) is 0 Å². The van der Waals surface area contributed by atoms with Gasteiger partial charge in [0.25, 0.3) is 0 Å². The van der Waals surface area contributed by atoms with Crippen molar-refractivity contribution in [3.05, 3.63) is 0 Å². The van der Waals surface area contributed by atoms with E-state index in [9.17, 15) is 9.00 Å². The molecule has 1 aliphatic rings. The maximum absolute atomic E-state index is 12.3. The summed E-state index contributed by atoms with van der Waals surface area (Å²) in [6, 6.07) is -0.0535. The van der Waals surface area contributed by atoms with Gasteiger partial charge in [0.05, 0.1) is 12.2 Å². The Morgan fingerprint density at radius 2 is 2.00 bits per heavy atom. The van der Waals surface area contributed by atoms with E-state index in [-0.39, 0.29) is 24.2 Å². The highest BCUT2D eigenvalue weighted by molar-refractivity contribution is 7.84. The van der Waals surface area contributed by atoms with E-state index in [4.69, 9.17) is 0 Å². The summed E-state index contributed by atoms with van der Waals surface area (Å²) in [6.45, 7) is 8.14. The molecule has 4 atom stereocenters. The normalized spacial score (nSPS) is 28.8. The average Bonchev–Trinajstić information content (AvgIpc) is 2.54. The van der Waals surface area contributed by atoms with Crippen LogP contribution >= 0.6 is 0 Å². The second-order valence-electron chi connectivity index (χ2n) is 5.15. The predicted octanol–water partition coefficient (Wildman–Crippen LogP) is 0.946. The molecule has 0 aromatic rings. The van der Waals surface area contributed by atoms with Crippen LogP contribution in [0.4, 0.5) is 0 Å². The smallest absolute Gasteiger partial charge is 0.241 e. The van der Waals surface area contributed by atoms with Gasteiger partial charge in [0, 0.05) is 28.9 Å². The van der Waals surface area contributed by atoms with E-state index in [2.05, 4.69) is 26.1 Å². The van der Waals surface area contributed by atoms with Gasteiger partial charge in [-0.25, -0.2) is 0 Å². The van der Waals surface area contributed by atoms with Crippen molar-refractivity contribution in [2.24, 2.45) is 5.92 Å². The van der Waals surface area contributed by atoms with Crippen molar-refractivity contribution in [3.8, 4) is 0 Å². The minimum absolute atomic E-state index is 0.0366. The maximum Gasteiger partial charge on any atom is 0.241 e. The number of amides is 1. The summed E-state index contributed by atoms with van der Waals surface area (Å²) in [7, 11) is -0.867. The van der Waals surface area contributed by atoms with Crippen LogP contribution in [0.25, 0.3) is 0 Å². The van der Waals surface area contributed by atoms with Crippen LogP contribution < -0.4 is 5.32 Å². The first kappa shape index (κ1) is 14.6. The lowest BCUT2D eigenvalue weighted by molar-refractivity contribution is -0.132. The Balaban J connectivity index is 2.81. The number of carbonyl (C=O) groups is 1. The zero-order valence-corrected chi connectivity index (χ0v) is 12.2. The molecule has 1 aliphatic heterocycles. The van der Waals surface area contributed by atoms with Crippen molar-refractivity contribution >= 4 is 16.7 Å². The van der Waals surface area contributed by atoms with E-state index < -0.39 is 10.8 Å². The number of nitrogens with zero attached hydrogens (tertiary/aromatic N) is 1. The highest BCUT2D eigenvalue weighted by atomic mass is 32.2. The molecule has 1 fully saturated rings. The first-order valence-corrected chi connectivity index (χ1v) is 7.99. The van der Waals surface area contributed by atoms with Crippen LogP contribution in [-0.4, -0.2) is 45.3 Å². The molecule has 0 spiro atoms.